The number of hydrogen-bond acceptors (Lipinski definition) is 1. The van der Waals surface area contributed by atoms with E-state index in [0.717, 1.165) is 27.7 Å². The van der Waals surface area contributed by atoms with Gasteiger partial charge in [0.1, 0.15) is 0 Å². The van der Waals surface area contributed by atoms with Crippen molar-refractivity contribution in [3.63, 3.8) is 0 Å². The van der Waals surface area contributed by atoms with Gasteiger partial charge >= 0.3 is 0 Å². The quantitative estimate of drug-likeness (QED) is 0.806. The molecule has 3 atom stereocenters. The minimum atomic E-state index is 0.572. The largest absolute Gasteiger partial charge is 0.359 e. The molecule has 2 aliphatic carbocycles. The Morgan fingerprint density at radius 1 is 1.28 bits per heavy atom. The summed E-state index contributed by atoms with van der Waals surface area (Å²) in [6.45, 7) is 0. The van der Waals surface area contributed by atoms with Crippen LogP contribution in [0.1, 0.15) is 25.7 Å². The zero-order valence-corrected chi connectivity index (χ0v) is 11.7. The Morgan fingerprint density at radius 3 is 2.83 bits per heavy atom. The zero-order valence-electron chi connectivity index (χ0n) is 10.2. The van der Waals surface area contributed by atoms with Crippen LogP contribution in [0.2, 0.25) is 5.02 Å². The van der Waals surface area contributed by atoms with Crippen LogP contribution in [0.25, 0.3) is 0 Å². The van der Waals surface area contributed by atoms with Gasteiger partial charge in [-0.1, -0.05) is 24.1 Å². The van der Waals surface area contributed by atoms with Gasteiger partial charge in [0, 0.05) is 16.8 Å². The summed E-state index contributed by atoms with van der Waals surface area (Å²) in [5, 5.41) is 8.10. The predicted molar refractivity (Wildman–Crippen MR) is 80.0 cm³/mol. The molecule has 0 unspecified atom stereocenters. The van der Waals surface area contributed by atoms with Crippen LogP contribution in [0, 0.1) is 11.8 Å². The van der Waals surface area contributed by atoms with Crippen molar-refractivity contribution in [3.05, 3.63) is 29.3 Å². The Morgan fingerprint density at radius 2 is 2.17 bits per heavy atom. The van der Waals surface area contributed by atoms with Gasteiger partial charge in [-0.25, -0.2) is 0 Å². The summed E-state index contributed by atoms with van der Waals surface area (Å²) < 4.78 is 0. The molecule has 0 aromatic heterocycles. The average molecular weight is 281 g/mol. The van der Waals surface area contributed by atoms with Gasteiger partial charge in [-0.05, 0) is 61.5 Å². The molecule has 0 amide bonds. The van der Waals surface area contributed by atoms with Crippen molar-refractivity contribution in [3.8, 4) is 0 Å². The first-order valence-electron chi connectivity index (χ1n) is 6.54. The third kappa shape index (κ3) is 2.62. The molecular weight excluding hydrogens is 264 g/mol. The average Bonchev–Trinajstić information content (AvgIpc) is 2.90. The van der Waals surface area contributed by atoms with E-state index in [4.69, 9.17) is 23.8 Å². The van der Waals surface area contributed by atoms with Crippen LogP contribution in [0.3, 0.4) is 0 Å². The SMILES string of the molecule is S=C(Nc1cccc(Cl)c1)N[C@H]1C[C@H]2CC[C@@H]1C2. The molecule has 0 saturated heterocycles. The summed E-state index contributed by atoms with van der Waals surface area (Å²) >= 11 is 11.3. The number of anilines is 1. The fourth-order valence-electron chi connectivity index (χ4n) is 3.32. The number of fused-ring (bicyclic) bond motifs is 2. The van der Waals surface area contributed by atoms with Crippen LogP contribution in [0.5, 0.6) is 0 Å². The summed E-state index contributed by atoms with van der Waals surface area (Å²) in [6, 6.07) is 8.21. The van der Waals surface area contributed by atoms with E-state index >= 15 is 0 Å². The first-order valence-corrected chi connectivity index (χ1v) is 7.32. The van der Waals surface area contributed by atoms with Gasteiger partial charge < -0.3 is 10.6 Å². The fourth-order valence-corrected chi connectivity index (χ4v) is 3.78. The van der Waals surface area contributed by atoms with Crippen molar-refractivity contribution in [2.75, 3.05) is 5.32 Å². The molecule has 4 heteroatoms. The molecule has 1 aromatic rings. The maximum atomic E-state index is 5.95. The molecule has 3 rings (SSSR count). The Kier molecular flexibility index (Phi) is 3.44. The minimum Gasteiger partial charge on any atom is -0.359 e. The van der Waals surface area contributed by atoms with Gasteiger partial charge in [-0.2, -0.15) is 0 Å². The molecule has 0 heterocycles. The lowest BCUT2D eigenvalue weighted by Gasteiger charge is -2.24. The van der Waals surface area contributed by atoms with Crippen molar-refractivity contribution in [1.29, 1.82) is 0 Å². The van der Waals surface area contributed by atoms with Crippen molar-refractivity contribution >= 4 is 34.6 Å². The van der Waals surface area contributed by atoms with Crippen molar-refractivity contribution in [2.24, 2.45) is 11.8 Å². The van der Waals surface area contributed by atoms with Crippen molar-refractivity contribution in [2.45, 2.75) is 31.7 Å². The molecule has 0 radical (unpaired) electrons. The molecule has 1 aromatic carbocycles. The van der Waals surface area contributed by atoms with E-state index in [1.807, 2.05) is 24.3 Å². The molecule has 2 saturated carbocycles. The molecule has 2 aliphatic rings. The van der Waals surface area contributed by atoms with Gasteiger partial charge in [-0.15, -0.1) is 0 Å². The van der Waals surface area contributed by atoms with Crippen molar-refractivity contribution < 1.29 is 0 Å². The first kappa shape index (κ1) is 12.2. The first-order chi connectivity index (χ1) is 8.70. The van der Waals surface area contributed by atoms with Crippen LogP contribution in [0.15, 0.2) is 24.3 Å². The van der Waals surface area contributed by atoms with Gasteiger partial charge in [0.15, 0.2) is 5.11 Å². The highest BCUT2D eigenvalue weighted by Crippen LogP contribution is 2.44. The lowest BCUT2D eigenvalue weighted by Crippen LogP contribution is -2.40. The predicted octanol–water partition coefficient (Wildman–Crippen LogP) is 3.82. The molecule has 96 valence electrons. The Balaban J connectivity index is 1.56. The molecular formula is C14H17ClN2S. The highest BCUT2D eigenvalue weighted by atomic mass is 35.5. The van der Waals surface area contributed by atoms with E-state index in [0.29, 0.717) is 6.04 Å². The Hall–Kier alpha value is -0.800. The monoisotopic (exact) mass is 280 g/mol. The summed E-state index contributed by atoms with van der Waals surface area (Å²) in [5.74, 6) is 1.76. The molecule has 2 nitrogen and oxygen atoms in total. The maximum absolute atomic E-state index is 5.95. The summed E-state index contributed by atoms with van der Waals surface area (Å²) in [5.41, 5.74) is 0.947. The lowest BCUT2D eigenvalue weighted by atomic mass is 9.96. The van der Waals surface area contributed by atoms with Crippen molar-refractivity contribution in [1.82, 2.24) is 5.32 Å². The Bertz CT molecular complexity index is 463. The van der Waals surface area contributed by atoms with E-state index < -0.39 is 0 Å². The standard InChI is InChI=1S/C14H17ClN2S/c15-11-2-1-3-12(8-11)16-14(18)17-13-7-9-4-5-10(13)6-9/h1-3,8-10,13H,4-7H2,(H2,16,17,18)/t9-,10+,13-/m0/s1. The number of rotatable bonds is 2. The van der Waals surface area contributed by atoms with Gasteiger partial charge in [-0.3, -0.25) is 0 Å². The topological polar surface area (TPSA) is 24.1 Å². The second-order valence-electron chi connectivity index (χ2n) is 5.39. The molecule has 2 bridgehead atoms. The number of halogens is 1. The molecule has 2 fully saturated rings. The fraction of sp³-hybridized carbons (Fsp3) is 0.500. The zero-order chi connectivity index (χ0) is 12.5. The van der Waals surface area contributed by atoms with Crippen LogP contribution in [0.4, 0.5) is 5.69 Å². The van der Waals surface area contributed by atoms with E-state index in [1.54, 1.807) is 0 Å². The van der Waals surface area contributed by atoms with Gasteiger partial charge in [0.2, 0.25) is 0 Å². The summed E-state index contributed by atoms with van der Waals surface area (Å²) in [4.78, 5) is 0. The molecule has 2 N–H and O–H groups in total. The van der Waals surface area contributed by atoms with Gasteiger partial charge in [0.25, 0.3) is 0 Å². The molecule has 18 heavy (non-hydrogen) atoms. The smallest absolute Gasteiger partial charge is 0.171 e. The summed E-state index contributed by atoms with van der Waals surface area (Å²) in [7, 11) is 0. The Labute approximate surface area is 118 Å². The van der Waals surface area contributed by atoms with Crippen LogP contribution in [-0.4, -0.2) is 11.2 Å². The summed E-state index contributed by atoms with van der Waals surface area (Å²) in [6.07, 6.45) is 5.44. The van der Waals surface area contributed by atoms with E-state index in [9.17, 15) is 0 Å². The van der Waals surface area contributed by atoms with Gasteiger partial charge in [0.05, 0.1) is 0 Å². The number of hydrogen-bond donors (Lipinski definition) is 2. The third-order valence-corrected chi connectivity index (χ3v) is 4.59. The minimum absolute atomic E-state index is 0.572. The van der Waals surface area contributed by atoms with Crippen LogP contribution in [-0.2, 0) is 0 Å². The van der Waals surface area contributed by atoms with Crippen LogP contribution < -0.4 is 10.6 Å². The molecule has 0 aliphatic heterocycles. The number of benzene rings is 1. The number of thiocarbonyl (C=S) groups is 1. The lowest BCUT2D eigenvalue weighted by molar-refractivity contribution is 0.392. The second-order valence-corrected chi connectivity index (χ2v) is 6.23. The third-order valence-electron chi connectivity index (χ3n) is 4.14. The number of nitrogens with one attached hydrogen (secondary N) is 2. The van der Waals surface area contributed by atoms with E-state index in [-0.39, 0.29) is 0 Å². The molecule has 0 spiro atoms. The van der Waals surface area contributed by atoms with E-state index in [1.165, 1.54) is 25.7 Å². The second kappa shape index (κ2) is 5.06. The van der Waals surface area contributed by atoms with Crippen LogP contribution >= 0.6 is 23.8 Å². The highest BCUT2D eigenvalue weighted by molar-refractivity contribution is 7.80. The highest BCUT2D eigenvalue weighted by Gasteiger charge is 2.39. The normalized spacial score (nSPS) is 29.3. The maximum Gasteiger partial charge on any atom is 0.171 e. The van der Waals surface area contributed by atoms with E-state index in [2.05, 4.69) is 10.6 Å².